The molecule has 1 aromatic heterocycles. The number of aromatic nitrogens is 1. The number of hydrazone groups is 1. The van der Waals surface area contributed by atoms with E-state index in [1.54, 1.807) is 48.8 Å². The predicted molar refractivity (Wildman–Crippen MR) is 102 cm³/mol. The highest BCUT2D eigenvalue weighted by atomic mass is 16.6. The summed E-state index contributed by atoms with van der Waals surface area (Å²) in [6.45, 7) is 0. The summed E-state index contributed by atoms with van der Waals surface area (Å²) in [5.74, 6) is 0.852. The number of benzene rings is 2. The molecule has 0 radical (unpaired) electrons. The van der Waals surface area contributed by atoms with Crippen LogP contribution in [0.4, 0.5) is 17.2 Å². The predicted octanol–water partition coefficient (Wildman–Crippen LogP) is 4.14. The summed E-state index contributed by atoms with van der Waals surface area (Å²) in [7, 11) is 0. The molecule has 0 aliphatic heterocycles. The van der Waals surface area contributed by atoms with Crippen molar-refractivity contribution in [2.45, 2.75) is 0 Å². The van der Waals surface area contributed by atoms with Gasteiger partial charge >= 0.3 is 5.69 Å². The topological polar surface area (TPSA) is 133 Å². The minimum Gasteiger partial charge on any atom is -0.450 e. The van der Waals surface area contributed by atoms with Gasteiger partial charge in [0.2, 0.25) is 5.75 Å². The second kappa shape index (κ2) is 8.36. The lowest BCUT2D eigenvalue weighted by Gasteiger charge is -2.06. The van der Waals surface area contributed by atoms with Gasteiger partial charge < -0.3 is 4.74 Å². The summed E-state index contributed by atoms with van der Waals surface area (Å²) in [6.07, 6.45) is 3.22. The Kier molecular flexibility index (Phi) is 5.51. The highest BCUT2D eigenvalue weighted by Crippen LogP contribution is 2.34. The highest BCUT2D eigenvalue weighted by molar-refractivity contribution is 5.80. The molecule has 28 heavy (non-hydrogen) atoms. The van der Waals surface area contributed by atoms with Gasteiger partial charge in [-0.1, -0.05) is 6.07 Å². The van der Waals surface area contributed by atoms with E-state index in [2.05, 4.69) is 15.5 Å². The van der Waals surface area contributed by atoms with Crippen LogP contribution < -0.4 is 10.2 Å². The van der Waals surface area contributed by atoms with Gasteiger partial charge in [-0.15, -0.1) is 0 Å². The second-order valence-corrected chi connectivity index (χ2v) is 5.42. The molecule has 10 nitrogen and oxygen atoms in total. The minimum atomic E-state index is -0.730. The summed E-state index contributed by atoms with van der Waals surface area (Å²) < 4.78 is 5.50. The van der Waals surface area contributed by atoms with Gasteiger partial charge in [0.15, 0.2) is 0 Å². The zero-order valence-corrected chi connectivity index (χ0v) is 14.3. The fourth-order valence-electron chi connectivity index (χ4n) is 2.20. The van der Waals surface area contributed by atoms with E-state index in [9.17, 15) is 20.2 Å². The van der Waals surface area contributed by atoms with Gasteiger partial charge in [-0.2, -0.15) is 5.10 Å². The number of hydrogen-bond donors (Lipinski definition) is 1. The molecule has 140 valence electrons. The molecule has 0 aliphatic rings. The van der Waals surface area contributed by atoms with Crippen LogP contribution in [0.25, 0.3) is 0 Å². The lowest BCUT2D eigenvalue weighted by molar-refractivity contribution is -0.394. The maximum atomic E-state index is 11.1. The molecule has 3 rings (SSSR count). The molecule has 0 amide bonds. The molecule has 2 aromatic carbocycles. The first-order valence-electron chi connectivity index (χ1n) is 7.94. The average molecular weight is 379 g/mol. The van der Waals surface area contributed by atoms with Crippen LogP contribution in [-0.4, -0.2) is 21.0 Å². The molecule has 3 aromatic rings. The largest absolute Gasteiger partial charge is 0.450 e. The zero-order valence-electron chi connectivity index (χ0n) is 14.3. The molecule has 1 N–H and O–H groups in total. The first-order valence-corrected chi connectivity index (χ1v) is 7.94. The number of nitro benzene ring substituents is 2. The van der Waals surface area contributed by atoms with Crippen molar-refractivity contribution in [1.82, 2.24) is 4.98 Å². The van der Waals surface area contributed by atoms with Gasteiger partial charge in [-0.3, -0.25) is 25.7 Å². The number of nitrogens with zero attached hydrogens (tertiary/aromatic N) is 4. The van der Waals surface area contributed by atoms with E-state index < -0.39 is 15.5 Å². The Morgan fingerprint density at radius 1 is 1.00 bits per heavy atom. The van der Waals surface area contributed by atoms with Crippen molar-refractivity contribution in [2.24, 2.45) is 5.10 Å². The highest BCUT2D eigenvalue weighted by Gasteiger charge is 2.21. The summed E-state index contributed by atoms with van der Waals surface area (Å²) in [4.78, 5) is 24.6. The van der Waals surface area contributed by atoms with E-state index in [0.717, 1.165) is 17.7 Å². The van der Waals surface area contributed by atoms with Gasteiger partial charge in [-0.05, 0) is 48.0 Å². The van der Waals surface area contributed by atoms with Gasteiger partial charge in [-0.25, -0.2) is 4.98 Å². The number of non-ortho nitro benzene ring substituents is 1. The third-order valence-electron chi connectivity index (χ3n) is 3.52. The number of nitrogens with one attached hydrogen (secondary N) is 1. The molecule has 0 aliphatic carbocycles. The Bertz CT molecular complexity index is 1020. The van der Waals surface area contributed by atoms with E-state index in [0.29, 0.717) is 11.6 Å². The van der Waals surface area contributed by atoms with E-state index in [4.69, 9.17) is 4.74 Å². The van der Waals surface area contributed by atoms with Crippen LogP contribution in [0.2, 0.25) is 0 Å². The molecule has 0 atom stereocenters. The Morgan fingerprint density at radius 3 is 2.43 bits per heavy atom. The molecule has 0 bridgehead atoms. The molecule has 1 heterocycles. The van der Waals surface area contributed by atoms with E-state index >= 15 is 0 Å². The first kappa shape index (κ1) is 18.5. The van der Waals surface area contributed by atoms with Crippen LogP contribution in [0.3, 0.4) is 0 Å². The van der Waals surface area contributed by atoms with Crippen molar-refractivity contribution in [3.63, 3.8) is 0 Å². The van der Waals surface area contributed by atoms with Gasteiger partial charge in [0, 0.05) is 12.3 Å². The van der Waals surface area contributed by atoms with Gasteiger partial charge in [0.25, 0.3) is 5.69 Å². The van der Waals surface area contributed by atoms with Crippen molar-refractivity contribution >= 4 is 23.4 Å². The van der Waals surface area contributed by atoms with Gasteiger partial charge in [0.05, 0.1) is 22.1 Å². The molecule has 0 fully saturated rings. The summed E-state index contributed by atoms with van der Waals surface area (Å²) >= 11 is 0. The Labute approximate surface area is 158 Å². The van der Waals surface area contributed by atoms with Crippen LogP contribution in [0, 0.1) is 20.2 Å². The van der Waals surface area contributed by atoms with E-state index in [1.807, 2.05) is 6.07 Å². The van der Waals surface area contributed by atoms with Crippen LogP contribution in [0.5, 0.6) is 11.5 Å². The first-order chi connectivity index (χ1) is 13.5. The lowest BCUT2D eigenvalue weighted by Crippen LogP contribution is -1.96. The molecule has 0 unspecified atom stereocenters. The smallest absolute Gasteiger partial charge is 0.318 e. The summed E-state index contributed by atoms with van der Waals surface area (Å²) in [5, 5.41) is 26.0. The second-order valence-electron chi connectivity index (χ2n) is 5.42. The quantitative estimate of drug-likeness (QED) is 0.370. The average Bonchev–Trinajstić information content (AvgIpc) is 2.70. The van der Waals surface area contributed by atoms with E-state index in [1.165, 1.54) is 6.07 Å². The fourth-order valence-corrected chi connectivity index (χ4v) is 2.20. The fraction of sp³-hybridized carbons (Fsp3) is 0. The Balaban J connectivity index is 1.70. The molecule has 0 saturated heterocycles. The number of anilines is 1. The lowest BCUT2D eigenvalue weighted by atomic mass is 10.2. The monoisotopic (exact) mass is 379 g/mol. The summed E-state index contributed by atoms with van der Waals surface area (Å²) in [5.41, 5.74) is 2.67. The minimum absolute atomic E-state index is 0.0890. The molecular formula is C18H13N5O5. The molecule has 0 saturated carbocycles. The van der Waals surface area contributed by atoms with Crippen LogP contribution in [-0.2, 0) is 0 Å². The van der Waals surface area contributed by atoms with Crippen molar-refractivity contribution in [2.75, 3.05) is 5.43 Å². The van der Waals surface area contributed by atoms with Crippen LogP contribution in [0.15, 0.2) is 72.0 Å². The third kappa shape index (κ3) is 4.64. The maximum Gasteiger partial charge on any atom is 0.318 e. The zero-order chi connectivity index (χ0) is 19.9. The number of ether oxygens (including phenoxy) is 1. The molecule has 0 spiro atoms. The van der Waals surface area contributed by atoms with Crippen molar-refractivity contribution in [3.8, 4) is 11.5 Å². The Morgan fingerprint density at radius 2 is 1.79 bits per heavy atom. The SMILES string of the molecule is O=[N+]([O-])c1ccc(Oc2ccc(/C=N/Nc3ccccn3)cc2)c([N+](=O)[O-])c1. The van der Waals surface area contributed by atoms with Gasteiger partial charge in [0.1, 0.15) is 11.6 Å². The van der Waals surface area contributed by atoms with Crippen molar-refractivity contribution in [1.29, 1.82) is 0 Å². The van der Waals surface area contributed by atoms with Crippen LogP contribution >= 0.6 is 0 Å². The Hall–Kier alpha value is -4.34. The van der Waals surface area contributed by atoms with Crippen LogP contribution in [0.1, 0.15) is 5.56 Å². The number of nitro groups is 2. The summed E-state index contributed by atoms with van der Waals surface area (Å²) in [6, 6.07) is 15.2. The maximum absolute atomic E-state index is 11.1. The van der Waals surface area contributed by atoms with Crippen molar-refractivity contribution < 1.29 is 14.6 Å². The van der Waals surface area contributed by atoms with Crippen molar-refractivity contribution in [3.05, 3.63) is 92.7 Å². The number of pyridine rings is 1. The normalized spacial score (nSPS) is 10.6. The standard InChI is InChI=1S/C18H13N5O5/c24-22(25)14-6-9-17(16(11-14)23(26)27)28-15-7-4-13(5-8-15)12-20-21-18-3-1-2-10-19-18/h1-12H,(H,19,21)/b20-12+. The van der Waals surface area contributed by atoms with E-state index in [-0.39, 0.29) is 11.4 Å². The third-order valence-corrected chi connectivity index (χ3v) is 3.52. The number of rotatable bonds is 7. The number of hydrogen-bond acceptors (Lipinski definition) is 8. The molecule has 10 heteroatoms. The molecular weight excluding hydrogens is 366 g/mol.